The van der Waals surface area contributed by atoms with Crippen LogP contribution >= 0.6 is 46.2 Å². The summed E-state index contributed by atoms with van der Waals surface area (Å²) in [5.41, 5.74) is 0.157. The minimum atomic E-state index is -1.39. The molecule has 0 spiro atoms. The van der Waals surface area contributed by atoms with E-state index in [1.54, 1.807) is 10.8 Å². The number of carboxylic acid groups (broad SMARTS) is 4. The first-order valence-electron chi connectivity index (χ1n) is 20.6. The summed E-state index contributed by atoms with van der Waals surface area (Å²) >= 11 is 5.36. The van der Waals surface area contributed by atoms with Gasteiger partial charge in [0.25, 0.3) is 11.8 Å². The van der Waals surface area contributed by atoms with Gasteiger partial charge in [0.1, 0.15) is 24.5 Å². The van der Waals surface area contributed by atoms with E-state index in [0.717, 1.165) is 9.80 Å². The van der Waals surface area contributed by atoms with Crippen LogP contribution in [0.1, 0.15) is 48.7 Å². The van der Waals surface area contributed by atoms with Crippen molar-refractivity contribution in [3.05, 3.63) is 43.4 Å². The van der Waals surface area contributed by atoms with E-state index in [1.165, 1.54) is 83.9 Å². The number of thioether (sulfide) groups is 2. The molecule has 68 heavy (non-hydrogen) atoms. The van der Waals surface area contributed by atoms with E-state index in [9.17, 15) is 58.8 Å². The molecule has 0 aromatic carbocycles. The number of aromatic nitrogens is 2. The zero-order chi connectivity index (χ0) is 48.4. The van der Waals surface area contributed by atoms with Gasteiger partial charge in [0.2, 0.25) is 11.8 Å². The molecule has 356 valence electrons. The number of carbonyl (C=O) groups excluding carboxylic acids is 6. The number of nitrogens with zero attached hydrogens (tertiary/aromatic N) is 8. The second kappa shape index (κ2) is 22.0. The number of hydrogen-bond acceptors (Lipinski definition) is 20. The zero-order valence-electron chi connectivity index (χ0n) is 38.3. The predicted octanol–water partition coefficient (Wildman–Crippen LogP) is -7.91. The molecule has 22 nitrogen and oxygen atoms in total. The Balaban J connectivity index is 0.000000247. The molecule has 0 aliphatic carbocycles. The van der Waals surface area contributed by atoms with Gasteiger partial charge in [-0.05, 0) is 13.8 Å². The molecule has 0 saturated carbocycles. The molecule has 8 heterocycles. The van der Waals surface area contributed by atoms with Crippen LogP contribution in [0, 0.1) is 23.7 Å². The normalized spacial score (nSPS) is 24.7. The van der Waals surface area contributed by atoms with Gasteiger partial charge < -0.3 is 69.6 Å². The largest absolute Gasteiger partial charge is 1.00 e. The SMILES string of the molecule is C[C@@H](O)[C@H]1C(=O)N2C(C(=O)[O-])=C(SC3CN(c4nc(C(=O)N(C)CC(=O)O)cs4)C3)[C@H](C)[C@H]12.C[C@@H](O)[C@H]1C(=O)N2C(C(=O)[O-])=C(SC3CN(c4nc(C(=O)N(C)CC(=O)O)cs4)C3)[C@H](C)[C@H]12.[Na+].[Na+]. The average molecular weight is 1040 g/mol. The number of carboxylic acids is 4. The minimum absolute atomic E-state index is 0. The Labute approximate surface area is 450 Å². The zero-order valence-corrected chi connectivity index (χ0v) is 45.5. The van der Waals surface area contributed by atoms with E-state index in [0.29, 0.717) is 46.3 Å². The number of aliphatic hydroxyl groups is 2. The Bertz CT molecular complexity index is 2280. The number of rotatable bonds is 16. The van der Waals surface area contributed by atoms with E-state index in [2.05, 4.69) is 9.97 Å². The van der Waals surface area contributed by atoms with Crippen molar-refractivity contribution in [2.45, 2.75) is 62.5 Å². The number of likely N-dealkylation sites (N-methyl/N-ethyl adjacent to an activating group) is 2. The van der Waals surface area contributed by atoms with Gasteiger partial charge in [-0.2, -0.15) is 0 Å². The molecule has 4 saturated heterocycles. The van der Waals surface area contributed by atoms with E-state index in [-0.39, 0.29) is 128 Å². The van der Waals surface area contributed by atoms with Gasteiger partial charge in [-0.1, -0.05) is 13.8 Å². The fourth-order valence-corrected chi connectivity index (χ4v) is 13.7. The molecule has 0 bridgehead atoms. The van der Waals surface area contributed by atoms with Crippen LogP contribution in [0.3, 0.4) is 0 Å². The molecule has 2 aromatic heterocycles. The summed E-state index contributed by atoms with van der Waals surface area (Å²) in [5.74, 6) is -8.41. The van der Waals surface area contributed by atoms with Crippen molar-refractivity contribution in [3.8, 4) is 0 Å². The predicted molar refractivity (Wildman–Crippen MR) is 235 cm³/mol. The molecular weight excluding hydrogens is 991 g/mol. The Morgan fingerprint density at radius 2 is 1.01 bits per heavy atom. The molecule has 8 rings (SSSR count). The summed E-state index contributed by atoms with van der Waals surface area (Å²) in [6, 6.07) is -0.751. The second-order valence-corrected chi connectivity index (χ2v) is 21.3. The van der Waals surface area contributed by atoms with Gasteiger partial charge >= 0.3 is 71.1 Å². The fraction of sp³-hybridized carbons (Fsp3) is 0.550. The van der Waals surface area contributed by atoms with Gasteiger partial charge in [-0.3, -0.25) is 28.8 Å². The van der Waals surface area contributed by atoms with Crippen LogP contribution in [-0.2, 0) is 28.8 Å². The number of amides is 4. The second-order valence-electron chi connectivity index (χ2n) is 16.9. The number of β-lactam (4-membered cyclic amide) rings is 2. The topological polar surface area (TPSA) is 309 Å². The first-order valence-corrected chi connectivity index (χ1v) is 24.2. The molecule has 4 fully saturated rings. The van der Waals surface area contributed by atoms with E-state index >= 15 is 0 Å². The number of anilines is 2. The van der Waals surface area contributed by atoms with Crippen molar-refractivity contribution in [1.82, 2.24) is 29.6 Å². The first-order chi connectivity index (χ1) is 31.0. The number of aliphatic carboxylic acids is 4. The third kappa shape index (κ3) is 10.5. The molecule has 0 unspecified atom stereocenters. The van der Waals surface area contributed by atoms with Crippen LogP contribution < -0.4 is 79.1 Å². The molecule has 2 aromatic rings. The maximum absolute atomic E-state index is 12.4. The molecule has 0 radical (unpaired) electrons. The van der Waals surface area contributed by atoms with Gasteiger partial charge in [-0.25, -0.2) is 9.97 Å². The monoisotopic (exact) mass is 1040 g/mol. The summed E-state index contributed by atoms with van der Waals surface area (Å²) < 4.78 is 0. The van der Waals surface area contributed by atoms with Crippen LogP contribution in [-0.4, -0.2) is 186 Å². The number of carbonyl (C=O) groups is 8. The van der Waals surface area contributed by atoms with Crippen LogP contribution in [0.4, 0.5) is 10.3 Å². The summed E-state index contributed by atoms with van der Waals surface area (Å²) in [6.45, 7) is 8.26. The molecule has 8 atom stereocenters. The maximum Gasteiger partial charge on any atom is 1.00 e. The summed E-state index contributed by atoms with van der Waals surface area (Å²) in [7, 11) is 2.79. The molecule has 28 heteroatoms. The third-order valence-corrected chi connectivity index (χ3v) is 17.0. The Morgan fingerprint density at radius 3 is 1.29 bits per heavy atom. The van der Waals surface area contributed by atoms with Crippen molar-refractivity contribution in [1.29, 1.82) is 0 Å². The first kappa shape index (κ1) is 55.6. The van der Waals surface area contributed by atoms with Gasteiger partial charge in [0.15, 0.2) is 10.3 Å². The average Bonchev–Trinajstić information content (AvgIpc) is 3.97. The summed E-state index contributed by atoms with van der Waals surface area (Å²) in [5, 5.41) is 65.7. The van der Waals surface area contributed by atoms with Crippen molar-refractivity contribution in [2.24, 2.45) is 23.7 Å². The smallest absolute Gasteiger partial charge is 0.543 e. The van der Waals surface area contributed by atoms with Crippen LogP contribution in [0.25, 0.3) is 0 Å². The maximum atomic E-state index is 12.4. The van der Waals surface area contributed by atoms with Crippen LogP contribution in [0.2, 0.25) is 0 Å². The Hall–Kier alpha value is -3.28. The Morgan fingerprint density at radius 1 is 0.691 bits per heavy atom. The van der Waals surface area contributed by atoms with Gasteiger partial charge in [0.05, 0.1) is 59.5 Å². The summed E-state index contributed by atoms with van der Waals surface area (Å²) in [4.78, 5) is 113. The fourth-order valence-electron chi connectivity index (χ4n) is 8.99. The quantitative estimate of drug-likeness (QED) is 0.0897. The number of fused-ring (bicyclic) bond motifs is 2. The van der Waals surface area contributed by atoms with Crippen molar-refractivity contribution in [3.63, 3.8) is 0 Å². The van der Waals surface area contributed by atoms with E-state index < -0.39 is 72.8 Å². The standard InChI is InChI=1S/2C20H24N4O7S2.2Na/c2*1-8-14-13(9(2)25)18(29)24(14)15(19(30)31)16(8)33-10-4-23(5-10)20-21-11(7-32-20)17(28)22(3)6-12(26)27;;/h2*7-10,13-14,25H,4-6H2,1-3H3,(H,26,27)(H,30,31);;/q;;2*+1/p-2/t2*8-,9-,13-,14-;;/m11../s1. The molecule has 6 aliphatic heterocycles. The van der Waals surface area contributed by atoms with E-state index in [4.69, 9.17) is 10.2 Å². The van der Waals surface area contributed by atoms with Crippen molar-refractivity contribution < 1.29 is 128 Å². The molecule has 4 N–H and O–H groups in total. The minimum Gasteiger partial charge on any atom is -0.543 e. The molecule has 6 aliphatic rings. The molecule has 4 amide bonds. The van der Waals surface area contributed by atoms with Gasteiger partial charge in [-0.15, -0.1) is 46.2 Å². The van der Waals surface area contributed by atoms with Crippen LogP contribution in [0.15, 0.2) is 32.0 Å². The van der Waals surface area contributed by atoms with Gasteiger partial charge in [0, 0.05) is 83.2 Å². The Kier molecular flexibility index (Phi) is 18.0. The van der Waals surface area contributed by atoms with Crippen LogP contribution in [0.5, 0.6) is 0 Å². The summed E-state index contributed by atoms with van der Waals surface area (Å²) in [6.07, 6.45) is -1.71. The number of hydrogen-bond donors (Lipinski definition) is 4. The number of thiazole rings is 2. The third-order valence-electron chi connectivity index (χ3n) is 12.3. The number of aliphatic hydroxyl groups excluding tert-OH is 2. The molecular formula is C40H46N8Na2O14S4. The van der Waals surface area contributed by atoms with Crippen molar-refractivity contribution >= 4 is 104 Å². The van der Waals surface area contributed by atoms with E-state index in [1.807, 2.05) is 23.6 Å². The van der Waals surface area contributed by atoms with Crippen molar-refractivity contribution in [2.75, 3.05) is 63.2 Å².